The van der Waals surface area contributed by atoms with E-state index < -0.39 is 5.41 Å². The number of rotatable bonds is 6. The maximum atomic E-state index is 7.07. The van der Waals surface area contributed by atoms with Gasteiger partial charge in [0.25, 0.3) is 0 Å². The first-order valence-corrected chi connectivity index (χ1v) is 20.4. The summed E-state index contributed by atoms with van der Waals surface area (Å²) >= 11 is 0. The molecule has 1 aliphatic carbocycles. The van der Waals surface area contributed by atoms with E-state index in [0.29, 0.717) is 0 Å². The van der Waals surface area contributed by atoms with Gasteiger partial charge in [0.15, 0.2) is 0 Å². The molecule has 12 rings (SSSR count). The van der Waals surface area contributed by atoms with Crippen molar-refractivity contribution in [3.63, 3.8) is 0 Å². The maximum absolute atomic E-state index is 7.07. The van der Waals surface area contributed by atoms with Gasteiger partial charge in [0.1, 0.15) is 11.2 Å². The quantitative estimate of drug-likeness (QED) is 0.157. The average Bonchev–Trinajstić information content (AvgIpc) is 3.85. The summed E-state index contributed by atoms with van der Waals surface area (Å²) in [7, 11) is 0. The second kappa shape index (κ2) is 13.2. The second-order valence-corrected chi connectivity index (χ2v) is 15.5. The molecule has 0 amide bonds. The largest absolute Gasteiger partial charge is 0.455 e. The first kappa shape index (κ1) is 33.5. The molecule has 0 N–H and O–H groups in total. The zero-order chi connectivity index (χ0) is 38.9. The molecule has 0 atom stereocenters. The molecule has 11 aromatic rings. The van der Waals surface area contributed by atoms with Crippen LogP contribution in [0.15, 0.2) is 229 Å². The van der Waals surface area contributed by atoms with E-state index in [4.69, 9.17) is 4.42 Å². The van der Waals surface area contributed by atoms with Gasteiger partial charge < -0.3 is 9.32 Å². The SMILES string of the molecule is c1ccc(-c2ccc3oc4c5ccccc5c5ccccc5c4c3c2N(c2ccccc2)c2ccc3c(c2)C(c2ccccc2)(c2ccccc2)c2ccccc2-3)cc1. The molecule has 0 saturated heterocycles. The highest BCUT2D eigenvalue weighted by atomic mass is 16.3. The van der Waals surface area contributed by atoms with Gasteiger partial charge in [-0.25, -0.2) is 0 Å². The Labute approximate surface area is 342 Å². The zero-order valence-corrected chi connectivity index (χ0v) is 32.2. The summed E-state index contributed by atoms with van der Waals surface area (Å²) in [5.74, 6) is 0. The van der Waals surface area contributed by atoms with Crippen LogP contribution >= 0.6 is 0 Å². The minimum Gasteiger partial charge on any atom is -0.455 e. The number of para-hydroxylation sites is 1. The van der Waals surface area contributed by atoms with Crippen molar-refractivity contribution < 1.29 is 4.42 Å². The summed E-state index contributed by atoms with van der Waals surface area (Å²) in [4.78, 5) is 2.48. The number of nitrogens with zero attached hydrogens (tertiary/aromatic N) is 1. The smallest absolute Gasteiger partial charge is 0.143 e. The van der Waals surface area contributed by atoms with Gasteiger partial charge in [0.2, 0.25) is 0 Å². The highest BCUT2D eigenvalue weighted by molar-refractivity contribution is 6.33. The molecule has 59 heavy (non-hydrogen) atoms. The van der Waals surface area contributed by atoms with Crippen LogP contribution in [0.2, 0.25) is 0 Å². The monoisotopic (exact) mass is 751 g/mol. The Morgan fingerprint density at radius 2 is 0.881 bits per heavy atom. The molecule has 1 aliphatic rings. The van der Waals surface area contributed by atoms with Crippen LogP contribution < -0.4 is 4.90 Å². The second-order valence-electron chi connectivity index (χ2n) is 15.5. The maximum Gasteiger partial charge on any atom is 0.143 e. The summed E-state index contributed by atoms with van der Waals surface area (Å²) in [5, 5.41) is 6.91. The van der Waals surface area contributed by atoms with E-state index in [0.717, 1.165) is 55.5 Å². The lowest BCUT2D eigenvalue weighted by Gasteiger charge is -2.35. The first-order valence-electron chi connectivity index (χ1n) is 20.4. The Bertz CT molecular complexity index is 3330. The molecule has 10 aromatic carbocycles. The number of benzene rings is 10. The molecule has 1 aromatic heterocycles. The molecule has 276 valence electrons. The van der Waals surface area contributed by atoms with Gasteiger partial charge in [-0.2, -0.15) is 0 Å². The van der Waals surface area contributed by atoms with Crippen LogP contribution in [-0.2, 0) is 5.41 Å². The molecule has 0 aliphatic heterocycles. The van der Waals surface area contributed by atoms with Gasteiger partial charge in [0, 0.05) is 27.7 Å². The van der Waals surface area contributed by atoms with Crippen LogP contribution in [0, 0.1) is 0 Å². The van der Waals surface area contributed by atoms with E-state index in [1.807, 2.05) is 0 Å². The van der Waals surface area contributed by atoms with Crippen molar-refractivity contribution in [1.82, 2.24) is 0 Å². The lowest BCUT2D eigenvalue weighted by atomic mass is 9.67. The fraction of sp³-hybridized carbons (Fsp3) is 0.0175. The number of furan rings is 1. The molecule has 0 bridgehead atoms. The summed E-state index contributed by atoms with van der Waals surface area (Å²) in [6, 6.07) is 81.7. The molecule has 0 unspecified atom stereocenters. The molecule has 2 nitrogen and oxygen atoms in total. The minimum atomic E-state index is -0.543. The lowest BCUT2D eigenvalue weighted by Crippen LogP contribution is -2.28. The van der Waals surface area contributed by atoms with Gasteiger partial charge in [-0.15, -0.1) is 0 Å². The van der Waals surface area contributed by atoms with Crippen molar-refractivity contribution >= 4 is 60.5 Å². The van der Waals surface area contributed by atoms with Crippen LogP contribution in [0.3, 0.4) is 0 Å². The standard InChI is InChI=1S/C57H37NO/c1-5-19-38(20-6-1)43-35-36-52-54(53-48-30-15-13-27-44(48)45-28-14-16-31-49(45)56(53)59-52)55(43)58(41-25-11-4-12-26-41)42-33-34-47-46-29-17-18-32-50(46)57(51(47)37-42,39-21-7-2-8-22-39)40-23-9-3-10-24-40/h1-37H. The van der Waals surface area contributed by atoms with Gasteiger partial charge in [0.05, 0.1) is 16.5 Å². The third kappa shape index (κ3) is 4.87. The summed E-state index contributed by atoms with van der Waals surface area (Å²) in [5.41, 5.74) is 14.3. The predicted octanol–water partition coefficient (Wildman–Crippen LogP) is 15.4. The van der Waals surface area contributed by atoms with E-state index in [1.165, 1.54) is 49.5 Å². The van der Waals surface area contributed by atoms with Crippen molar-refractivity contribution in [1.29, 1.82) is 0 Å². The van der Waals surface area contributed by atoms with E-state index in [1.54, 1.807) is 0 Å². The Kier molecular flexibility index (Phi) is 7.48. The van der Waals surface area contributed by atoms with E-state index in [-0.39, 0.29) is 0 Å². The molecule has 0 spiro atoms. The Hall–Kier alpha value is -7.68. The minimum absolute atomic E-state index is 0.543. The van der Waals surface area contributed by atoms with Crippen molar-refractivity contribution in [2.75, 3.05) is 4.90 Å². The fourth-order valence-corrected chi connectivity index (χ4v) is 10.1. The molecule has 0 fully saturated rings. The number of hydrogen-bond acceptors (Lipinski definition) is 2. The van der Waals surface area contributed by atoms with Crippen molar-refractivity contribution in [2.45, 2.75) is 5.41 Å². The number of fused-ring (bicyclic) bond motifs is 11. The van der Waals surface area contributed by atoms with Crippen LogP contribution in [0.25, 0.3) is 65.7 Å². The van der Waals surface area contributed by atoms with Gasteiger partial charge in [-0.3, -0.25) is 0 Å². The molecular formula is C57H37NO. The zero-order valence-electron chi connectivity index (χ0n) is 32.2. The Morgan fingerprint density at radius 3 is 1.58 bits per heavy atom. The number of hydrogen-bond donors (Lipinski definition) is 0. The van der Waals surface area contributed by atoms with Crippen LogP contribution in [0.1, 0.15) is 22.3 Å². The topological polar surface area (TPSA) is 16.4 Å². The van der Waals surface area contributed by atoms with Crippen molar-refractivity contribution in [3.05, 3.63) is 247 Å². The number of anilines is 3. The summed E-state index contributed by atoms with van der Waals surface area (Å²) < 4.78 is 7.07. The molecule has 2 heteroatoms. The van der Waals surface area contributed by atoms with Gasteiger partial charge in [-0.1, -0.05) is 188 Å². The average molecular weight is 752 g/mol. The predicted molar refractivity (Wildman–Crippen MR) is 246 cm³/mol. The van der Waals surface area contributed by atoms with Crippen molar-refractivity contribution in [3.8, 4) is 22.3 Å². The van der Waals surface area contributed by atoms with Crippen molar-refractivity contribution in [2.24, 2.45) is 0 Å². The Morgan fingerprint density at radius 1 is 0.356 bits per heavy atom. The van der Waals surface area contributed by atoms with Gasteiger partial charge in [-0.05, 0) is 91.5 Å². The highest BCUT2D eigenvalue weighted by Gasteiger charge is 2.46. The van der Waals surface area contributed by atoms with Crippen LogP contribution in [0.4, 0.5) is 17.1 Å². The highest BCUT2D eigenvalue weighted by Crippen LogP contribution is 2.58. The molecule has 1 heterocycles. The third-order valence-corrected chi connectivity index (χ3v) is 12.5. The van der Waals surface area contributed by atoms with E-state index in [9.17, 15) is 0 Å². The Balaban J connectivity index is 1.24. The molecule has 0 radical (unpaired) electrons. The molecular weight excluding hydrogens is 715 g/mol. The summed E-state index contributed by atoms with van der Waals surface area (Å²) in [6.07, 6.45) is 0. The molecule has 0 saturated carbocycles. The lowest BCUT2D eigenvalue weighted by molar-refractivity contribution is 0.673. The first-order chi connectivity index (χ1) is 29.3. The third-order valence-electron chi connectivity index (χ3n) is 12.5. The van der Waals surface area contributed by atoms with E-state index in [2.05, 4.69) is 229 Å². The fourth-order valence-electron chi connectivity index (χ4n) is 10.1. The van der Waals surface area contributed by atoms with Crippen LogP contribution in [-0.4, -0.2) is 0 Å². The van der Waals surface area contributed by atoms with Gasteiger partial charge >= 0.3 is 0 Å². The normalized spacial score (nSPS) is 12.9. The van der Waals surface area contributed by atoms with E-state index >= 15 is 0 Å². The summed E-state index contributed by atoms with van der Waals surface area (Å²) in [6.45, 7) is 0. The van der Waals surface area contributed by atoms with Crippen LogP contribution in [0.5, 0.6) is 0 Å².